The van der Waals surface area contributed by atoms with E-state index in [9.17, 15) is 0 Å². The highest BCUT2D eigenvalue weighted by atomic mass is 16.3. The monoisotopic (exact) mass is 143 g/mol. The van der Waals surface area contributed by atoms with E-state index in [1.54, 1.807) is 0 Å². The number of hydrogen-bond donors (Lipinski definition) is 1. The molecule has 0 amide bonds. The van der Waals surface area contributed by atoms with Crippen molar-refractivity contribution in [3.63, 3.8) is 0 Å². The van der Waals surface area contributed by atoms with E-state index < -0.39 is 0 Å². The number of rotatable bonds is 1. The molecule has 0 aromatic carbocycles. The lowest BCUT2D eigenvalue weighted by Gasteiger charge is -2.36. The predicted molar refractivity (Wildman–Crippen MR) is 41.9 cm³/mol. The molecular formula is C8H17NO. The van der Waals surface area contributed by atoms with E-state index in [0.717, 1.165) is 6.54 Å². The van der Waals surface area contributed by atoms with Gasteiger partial charge >= 0.3 is 0 Å². The predicted octanol–water partition coefficient (Wildman–Crippen LogP) is 0.709. The van der Waals surface area contributed by atoms with Crippen LogP contribution in [0, 0.1) is 5.92 Å². The molecule has 1 aliphatic rings. The van der Waals surface area contributed by atoms with Crippen molar-refractivity contribution in [3.8, 4) is 0 Å². The van der Waals surface area contributed by atoms with Gasteiger partial charge < -0.3 is 10.0 Å². The van der Waals surface area contributed by atoms with Crippen LogP contribution in [0.15, 0.2) is 0 Å². The lowest BCUT2D eigenvalue weighted by molar-refractivity contribution is 0.0738. The lowest BCUT2D eigenvalue weighted by Crippen LogP contribution is -2.43. The van der Waals surface area contributed by atoms with Crippen molar-refractivity contribution >= 4 is 0 Å². The van der Waals surface area contributed by atoms with Gasteiger partial charge in [0.1, 0.15) is 0 Å². The molecule has 0 saturated carbocycles. The molecule has 0 spiro atoms. The Kier molecular flexibility index (Phi) is 2.69. The Morgan fingerprint density at radius 3 is 2.70 bits per heavy atom. The first kappa shape index (κ1) is 8.02. The summed E-state index contributed by atoms with van der Waals surface area (Å²) in [7, 11) is 2.09. The number of aliphatic hydroxyl groups is 1. The first-order chi connectivity index (χ1) is 4.75. The fourth-order valence-corrected chi connectivity index (χ4v) is 1.77. The van der Waals surface area contributed by atoms with Gasteiger partial charge in [0.2, 0.25) is 0 Å². The van der Waals surface area contributed by atoms with Crippen molar-refractivity contribution in [3.05, 3.63) is 0 Å². The van der Waals surface area contributed by atoms with Crippen LogP contribution in [-0.4, -0.2) is 36.2 Å². The molecule has 0 bridgehead atoms. The minimum atomic E-state index is 0.317. The third-order valence-corrected chi connectivity index (χ3v) is 2.58. The van der Waals surface area contributed by atoms with Crippen molar-refractivity contribution in [2.24, 2.45) is 5.92 Å². The van der Waals surface area contributed by atoms with E-state index >= 15 is 0 Å². The quantitative estimate of drug-likeness (QED) is 0.584. The number of piperidine rings is 1. The van der Waals surface area contributed by atoms with E-state index in [1.165, 1.54) is 12.8 Å². The van der Waals surface area contributed by atoms with Crippen LogP contribution in [0.25, 0.3) is 0 Å². The largest absolute Gasteiger partial charge is 0.395 e. The van der Waals surface area contributed by atoms with Crippen LogP contribution in [-0.2, 0) is 0 Å². The van der Waals surface area contributed by atoms with E-state index in [2.05, 4.69) is 18.9 Å². The summed E-state index contributed by atoms with van der Waals surface area (Å²) in [4.78, 5) is 2.26. The third-order valence-electron chi connectivity index (χ3n) is 2.58. The van der Waals surface area contributed by atoms with Crippen molar-refractivity contribution in [2.75, 3.05) is 20.2 Å². The number of likely N-dealkylation sites (N-methyl/N-ethyl adjacent to an activating group) is 1. The molecule has 2 atom stereocenters. The summed E-state index contributed by atoms with van der Waals surface area (Å²) < 4.78 is 0. The Bertz CT molecular complexity index is 95.4. The Labute approximate surface area is 62.8 Å². The molecule has 1 N–H and O–H groups in total. The fraction of sp³-hybridized carbons (Fsp3) is 1.00. The molecule has 0 radical (unpaired) electrons. The van der Waals surface area contributed by atoms with Crippen molar-refractivity contribution < 1.29 is 5.11 Å². The Hall–Kier alpha value is -0.0800. The van der Waals surface area contributed by atoms with Gasteiger partial charge in [-0.05, 0) is 32.4 Å². The lowest BCUT2D eigenvalue weighted by atomic mass is 9.92. The number of aliphatic hydroxyl groups excluding tert-OH is 1. The van der Waals surface area contributed by atoms with Crippen molar-refractivity contribution in [1.82, 2.24) is 4.90 Å². The van der Waals surface area contributed by atoms with E-state index in [-0.39, 0.29) is 0 Å². The zero-order chi connectivity index (χ0) is 7.56. The van der Waals surface area contributed by atoms with Crippen LogP contribution < -0.4 is 0 Å². The summed E-state index contributed by atoms with van der Waals surface area (Å²) in [6.07, 6.45) is 2.56. The van der Waals surface area contributed by atoms with Gasteiger partial charge in [0.15, 0.2) is 0 Å². The molecular weight excluding hydrogens is 126 g/mol. The average molecular weight is 143 g/mol. The summed E-state index contributed by atoms with van der Waals surface area (Å²) in [5.41, 5.74) is 0. The molecule has 2 unspecified atom stereocenters. The highest BCUT2D eigenvalue weighted by molar-refractivity contribution is 4.78. The van der Waals surface area contributed by atoms with Gasteiger partial charge in [-0.25, -0.2) is 0 Å². The van der Waals surface area contributed by atoms with Crippen LogP contribution in [0.2, 0.25) is 0 Å². The molecule has 60 valence electrons. The second kappa shape index (κ2) is 3.35. The van der Waals surface area contributed by atoms with Crippen LogP contribution in [0.5, 0.6) is 0 Å². The van der Waals surface area contributed by atoms with E-state index in [1.807, 2.05) is 0 Å². The minimum Gasteiger partial charge on any atom is -0.395 e. The molecule has 1 aliphatic heterocycles. The number of nitrogens with zero attached hydrogens (tertiary/aromatic N) is 1. The highest BCUT2D eigenvalue weighted by Gasteiger charge is 2.24. The number of hydrogen-bond acceptors (Lipinski definition) is 2. The molecule has 2 heteroatoms. The van der Waals surface area contributed by atoms with Crippen LogP contribution >= 0.6 is 0 Å². The summed E-state index contributed by atoms with van der Waals surface area (Å²) >= 11 is 0. The van der Waals surface area contributed by atoms with Gasteiger partial charge in [0.05, 0.1) is 6.61 Å². The van der Waals surface area contributed by atoms with Crippen molar-refractivity contribution in [1.29, 1.82) is 0 Å². The fourth-order valence-electron chi connectivity index (χ4n) is 1.77. The maximum absolute atomic E-state index is 8.99. The summed E-state index contributed by atoms with van der Waals surface area (Å²) in [6, 6.07) is 0.411. The van der Waals surface area contributed by atoms with Crippen molar-refractivity contribution in [2.45, 2.75) is 25.8 Å². The molecule has 1 saturated heterocycles. The van der Waals surface area contributed by atoms with Crippen LogP contribution in [0.1, 0.15) is 19.8 Å². The minimum absolute atomic E-state index is 0.317. The van der Waals surface area contributed by atoms with Crippen LogP contribution in [0.3, 0.4) is 0 Å². The molecule has 1 fully saturated rings. The topological polar surface area (TPSA) is 23.5 Å². The van der Waals surface area contributed by atoms with Crippen LogP contribution in [0.4, 0.5) is 0 Å². The maximum Gasteiger partial charge on any atom is 0.0589 e. The van der Waals surface area contributed by atoms with E-state index in [4.69, 9.17) is 5.11 Å². The Balaban J connectivity index is 2.45. The maximum atomic E-state index is 8.99. The SMILES string of the molecule is CC1CCCN(C)C1CO. The second-order valence-electron chi connectivity index (χ2n) is 3.35. The van der Waals surface area contributed by atoms with E-state index in [0.29, 0.717) is 18.6 Å². The standard InChI is InChI=1S/C8H17NO/c1-7-4-3-5-9(2)8(7)6-10/h7-8,10H,3-6H2,1-2H3. The Morgan fingerprint density at radius 2 is 2.30 bits per heavy atom. The summed E-state index contributed by atoms with van der Waals surface area (Å²) in [5.74, 6) is 0.670. The molecule has 1 heterocycles. The van der Waals surface area contributed by atoms with Gasteiger partial charge in [0.25, 0.3) is 0 Å². The first-order valence-corrected chi connectivity index (χ1v) is 4.07. The molecule has 0 aliphatic carbocycles. The van der Waals surface area contributed by atoms with Gasteiger partial charge in [-0.15, -0.1) is 0 Å². The Morgan fingerprint density at radius 1 is 1.60 bits per heavy atom. The van der Waals surface area contributed by atoms with Gasteiger partial charge in [-0.1, -0.05) is 6.92 Å². The zero-order valence-electron chi connectivity index (χ0n) is 6.88. The molecule has 0 aromatic heterocycles. The molecule has 10 heavy (non-hydrogen) atoms. The van der Waals surface area contributed by atoms with Gasteiger partial charge in [0, 0.05) is 6.04 Å². The smallest absolute Gasteiger partial charge is 0.0589 e. The molecule has 2 nitrogen and oxygen atoms in total. The zero-order valence-corrected chi connectivity index (χ0v) is 6.88. The first-order valence-electron chi connectivity index (χ1n) is 4.07. The van der Waals surface area contributed by atoms with Gasteiger partial charge in [-0.2, -0.15) is 0 Å². The highest BCUT2D eigenvalue weighted by Crippen LogP contribution is 2.20. The second-order valence-corrected chi connectivity index (χ2v) is 3.35. The van der Waals surface area contributed by atoms with Gasteiger partial charge in [-0.3, -0.25) is 0 Å². The average Bonchev–Trinajstić information content (AvgIpc) is 1.88. The normalized spacial score (nSPS) is 36.3. The molecule has 1 rings (SSSR count). The molecule has 0 aromatic rings. The number of likely N-dealkylation sites (tertiary alicyclic amines) is 1. The summed E-state index contributed by atoms with van der Waals surface area (Å²) in [5, 5.41) is 8.99. The summed E-state index contributed by atoms with van der Waals surface area (Å²) in [6.45, 7) is 3.68. The third kappa shape index (κ3) is 1.50.